The maximum Gasteiger partial charge on any atom is 0.330 e. The van der Waals surface area contributed by atoms with Crippen molar-refractivity contribution in [2.45, 2.75) is 51.6 Å². The molecule has 0 bridgehead atoms. The van der Waals surface area contributed by atoms with Crippen molar-refractivity contribution in [3.63, 3.8) is 0 Å². The molecule has 0 spiro atoms. The van der Waals surface area contributed by atoms with Crippen molar-refractivity contribution in [3.8, 4) is 0 Å². The molecule has 2 heteroatoms. The summed E-state index contributed by atoms with van der Waals surface area (Å²) >= 11 is 0. The number of hydrogen-bond donors (Lipinski definition) is 0. The zero-order valence-corrected chi connectivity index (χ0v) is 9.21. The van der Waals surface area contributed by atoms with Crippen LogP contribution in [-0.4, -0.2) is 11.6 Å². The Morgan fingerprint density at radius 2 is 2.14 bits per heavy atom. The lowest BCUT2D eigenvalue weighted by Gasteiger charge is -2.34. The normalized spacial score (nSPS) is 21.6. The molecule has 2 nitrogen and oxygen atoms in total. The Morgan fingerprint density at radius 3 is 2.57 bits per heavy atom. The van der Waals surface area contributed by atoms with Gasteiger partial charge < -0.3 is 4.74 Å². The Morgan fingerprint density at radius 1 is 1.57 bits per heavy atom. The molecule has 14 heavy (non-hydrogen) atoms. The van der Waals surface area contributed by atoms with E-state index in [1.165, 1.54) is 18.9 Å². The fourth-order valence-corrected chi connectivity index (χ4v) is 2.28. The summed E-state index contributed by atoms with van der Waals surface area (Å²) in [5, 5.41) is 0. The van der Waals surface area contributed by atoms with Crippen molar-refractivity contribution >= 4 is 5.97 Å². The Balaban J connectivity index is 2.71. The van der Waals surface area contributed by atoms with Gasteiger partial charge in [-0.3, -0.25) is 0 Å². The molecule has 0 saturated heterocycles. The predicted molar refractivity (Wildman–Crippen MR) is 56.9 cm³/mol. The highest BCUT2D eigenvalue weighted by molar-refractivity contribution is 5.81. The molecule has 1 aliphatic carbocycles. The second-order valence-corrected chi connectivity index (χ2v) is 4.21. The molecular weight excluding hydrogens is 176 g/mol. The van der Waals surface area contributed by atoms with E-state index in [0.29, 0.717) is 5.92 Å². The molecule has 0 aliphatic heterocycles. The number of carbonyl (C=O) groups is 1. The average Bonchev–Trinajstić information content (AvgIpc) is 2.66. The summed E-state index contributed by atoms with van der Waals surface area (Å²) in [6.45, 7) is 7.76. The third kappa shape index (κ3) is 2.17. The van der Waals surface area contributed by atoms with Crippen molar-refractivity contribution in [3.05, 3.63) is 12.7 Å². The van der Waals surface area contributed by atoms with Gasteiger partial charge in [-0.05, 0) is 38.0 Å². The first-order valence-corrected chi connectivity index (χ1v) is 5.50. The zero-order valence-electron chi connectivity index (χ0n) is 9.21. The summed E-state index contributed by atoms with van der Waals surface area (Å²) in [7, 11) is 0. The second-order valence-electron chi connectivity index (χ2n) is 4.21. The molecule has 1 fully saturated rings. The topological polar surface area (TPSA) is 26.3 Å². The number of carbonyl (C=O) groups excluding carboxylic acids is 1. The standard InChI is InChI=1S/C12H20O2/c1-4-10(3)12(8-6-7-9-12)14-11(13)5-2/h5,10H,2,4,6-9H2,1,3H3. The number of hydrogen-bond acceptors (Lipinski definition) is 2. The predicted octanol–water partition coefficient (Wildman–Crippen LogP) is 3.07. The fraction of sp³-hybridized carbons (Fsp3) is 0.750. The number of esters is 1. The van der Waals surface area contributed by atoms with Gasteiger partial charge in [0.25, 0.3) is 0 Å². The van der Waals surface area contributed by atoms with Crippen molar-refractivity contribution in [1.29, 1.82) is 0 Å². The summed E-state index contributed by atoms with van der Waals surface area (Å²) in [5.41, 5.74) is -0.194. The van der Waals surface area contributed by atoms with Gasteiger partial charge in [0, 0.05) is 6.08 Å². The molecule has 0 heterocycles. The van der Waals surface area contributed by atoms with E-state index in [1.54, 1.807) is 0 Å². The largest absolute Gasteiger partial charge is 0.456 e. The van der Waals surface area contributed by atoms with Gasteiger partial charge in [-0.1, -0.05) is 20.4 Å². The van der Waals surface area contributed by atoms with Crippen LogP contribution in [0.5, 0.6) is 0 Å². The van der Waals surface area contributed by atoms with Crippen LogP contribution in [0.3, 0.4) is 0 Å². The van der Waals surface area contributed by atoms with Crippen molar-refractivity contribution < 1.29 is 9.53 Å². The van der Waals surface area contributed by atoms with Crippen LogP contribution in [0.1, 0.15) is 46.0 Å². The smallest absolute Gasteiger partial charge is 0.330 e. The molecule has 1 aliphatic rings. The molecule has 0 N–H and O–H groups in total. The molecule has 1 atom stereocenters. The molecule has 0 aromatic heterocycles. The van der Waals surface area contributed by atoms with Crippen LogP contribution in [0.15, 0.2) is 12.7 Å². The molecule has 0 radical (unpaired) electrons. The highest BCUT2D eigenvalue weighted by Gasteiger charge is 2.41. The van der Waals surface area contributed by atoms with Crippen molar-refractivity contribution in [1.82, 2.24) is 0 Å². The van der Waals surface area contributed by atoms with Gasteiger partial charge in [-0.25, -0.2) is 4.79 Å². The monoisotopic (exact) mass is 196 g/mol. The minimum Gasteiger partial charge on any atom is -0.456 e. The van der Waals surface area contributed by atoms with Crippen LogP contribution in [0, 0.1) is 5.92 Å². The van der Waals surface area contributed by atoms with Crippen LogP contribution in [0.4, 0.5) is 0 Å². The zero-order chi connectivity index (χ0) is 10.6. The third-order valence-electron chi connectivity index (χ3n) is 3.43. The molecule has 0 amide bonds. The van der Waals surface area contributed by atoms with E-state index in [0.717, 1.165) is 19.3 Å². The first-order chi connectivity index (χ1) is 6.64. The van der Waals surface area contributed by atoms with E-state index < -0.39 is 0 Å². The van der Waals surface area contributed by atoms with Gasteiger partial charge in [0.1, 0.15) is 5.60 Å². The summed E-state index contributed by atoms with van der Waals surface area (Å²) in [6, 6.07) is 0. The lowest BCUT2D eigenvalue weighted by molar-refractivity contribution is -0.158. The Labute approximate surface area is 86.3 Å². The summed E-state index contributed by atoms with van der Waals surface area (Å²) in [6.07, 6.45) is 6.71. The maximum absolute atomic E-state index is 11.3. The Bertz CT molecular complexity index is 214. The quantitative estimate of drug-likeness (QED) is 0.510. The third-order valence-corrected chi connectivity index (χ3v) is 3.43. The van der Waals surface area contributed by atoms with Crippen LogP contribution in [0.25, 0.3) is 0 Å². The lowest BCUT2D eigenvalue weighted by atomic mass is 9.85. The minimum atomic E-state index is -0.271. The maximum atomic E-state index is 11.3. The molecule has 0 aromatic rings. The van der Waals surface area contributed by atoms with Gasteiger partial charge in [-0.15, -0.1) is 0 Å². The summed E-state index contributed by atoms with van der Waals surface area (Å²) in [4.78, 5) is 11.3. The number of rotatable bonds is 4. The first-order valence-electron chi connectivity index (χ1n) is 5.50. The van der Waals surface area contributed by atoms with E-state index >= 15 is 0 Å². The van der Waals surface area contributed by atoms with Crippen molar-refractivity contribution in [2.24, 2.45) is 5.92 Å². The second kappa shape index (κ2) is 4.63. The molecule has 0 aromatic carbocycles. The van der Waals surface area contributed by atoms with Gasteiger partial charge in [0.05, 0.1) is 0 Å². The first kappa shape index (κ1) is 11.3. The van der Waals surface area contributed by atoms with Crippen molar-refractivity contribution in [2.75, 3.05) is 0 Å². The van der Waals surface area contributed by atoms with Crippen LogP contribution < -0.4 is 0 Å². The average molecular weight is 196 g/mol. The highest BCUT2D eigenvalue weighted by atomic mass is 16.6. The summed E-state index contributed by atoms with van der Waals surface area (Å²) < 4.78 is 5.54. The van der Waals surface area contributed by atoms with E-state index in [1.807, 2.05) is 0 Å². The van der Waals surface area contributed by atoms with E-state index in [9.17, 15) is 4.79 Å². The summed E-state index contributed by atoms with van der Waals surface area (Å²) in [5.74, 6) is 0.182. The molecular formula is C12H20O2. The molecule has 1 unspecified atom stereocenters. The Hall–Kier alpha value is -0.790. The van der Waals surface area contributed by atoms with Gasteiger partial charge in [0.2, 0.25) is 0 Å². The van der Waals surface area contributed by atoms with Gasteiger partial charge in [0.15, 0.2) is 0 Å². The number of ether oxygens (including phenoxy) is 1. The van der Waals surface area contributed by atoms with Gasteiger partial charge >= 0.3 is 5.97 Å². The van der Waals surface area contributed by atoms with E-state index in [2.05, 4.69) is 20.4 Å². The fourth-order valence-electron chi connectivity index (χ4n) is 2.28. The molecule has 1 saturated carbocycles. The minimum absolute atomic E-state index is 0.194. The van der Waals surface area contributed by atoms with E-state index in [-0.39, 0.29) is 11.6 Å². The van der Waals surface area contributed by atoms with E-state index in [4.69, 9.17) is 4.74 Å². The molecule has 80 valence electrons. The van der Waals surface area contributed by atoms with Crippen LogP contribution in [-0.2, 0) is 9.53 Å². The Kier molecular flexibility index (Phi) is 3.73. The SMILES string of the molecule is C=CC(=O)OC1(C(C)CC)CCCC1. The van der Waals surface area contributed by atoms with Gasteiger partial charge in [-0.2, -0.15) is 0 Å². The lowest BCUT2D eigenvalue weighted by Crippen LogP contribution is -2.38. The van der Waals surface area contributed by atoms with Crippen LogP contribution in [0.2, 0.25) is 0 Å². The highest BCUT2D eigenvalue weighted by Crippen LogP contribution is 2.40. The van der Waals surface area contributed by atoms with Crippen LogP contribution >= 0.6 is 0 Å². The molecule has 1 rings (SSSR count).